The van der Waals surface area contributed by atoms with E-state index in [0.29, 0.717) is 6.61 Å². The van der Waals surface area contributed by atoms with Gasteiger partial charge in [-0.25, -0.2) is 0 Å². The second-order valence-corrected chi connectivity index (χ2v) is 5.43. The number of nitrogens with one attached hydrogen (secondary N) is 1. The fourth-order valence-corrected chi connectivity index (χ4v) is 1.97. The Morgan fingerprint density at radius 3 is 2.53 bits per heavy atom. The summed E-state index contributed by atoms with van der Waals surface area (Å²) in [7, 11) is 1.71. The lowest BCUT2D eigenvalue weighted by Crippen LogP contribution is -2.28. The van der Waals surface area contributed by atoms with Crippen molar-refractivity contribution in [2.75, 3.05) is 33.5 Å². The van der Waals surface area contributed by atoms with Crippen LogP contribution in [-0.2, 0) is 9.47 Å². The minimum atomic E-state index is 0.705. The van der Waals surface area contributed by atoms with Gasteiger partial charge in [-0.1, -0.05) is 13.8 Å². The van der Waals surface area contributed by atoms with Crippen LogP contribution < -0.4 is 5.32 Å². The van der Waals surface area contributed by atoms with E-state index in [0.717, 1.165) is 31.1 Å². The molecule has 1 aliphatic rings. The zero-order chi connectivity index (χ0) is 12.5. The van der Waals surface area contributed by atoms with Gasteiger partial charge in [0.25, 0.3) is 0 Å². The highest BCUT2D eigenvalue weighted by Gasteiger charge is 2.22. The lowest BCUT2D eigenvalue weighted by atomic mass is 9.91. The van der Waals surface area contributed by atoms with Gasteiger partial charge in [0, 0.05) is 19.8 Å². The van der Waals surface area contributed by atoms with Gasteiger partial charge in [-0.3, -0.25) is 0 Å². The van der Waals surface area contributed by atoms with Gasteiger partial charge in [0.2, 0.25) is 0 Å². The fraction of sp³-hybridized carbons (Fsp3) is 1.00. The molecule has 0 saturated heterocycles. The molecule has 1 saturated carbocycles. The van der Waals surface area contributed by atoms with Crippen molar-refractivity contribution in [3.05, 3.63) is 0 Å². The third-order valence-electron chi connectivity index (χ3n) is 3.48. The molecule has 0 aromatic rings. The first-order chi connectivity index (χ1) is 8.24. The maximum absolute atomic E-state index is 5.50. The summed E-state index contributed by atoms with van der Waals surface area (Å²) in [4.78, 5) is 0. The third kappa shape index (κ3) is 7.74. The van der Waals surface area contributed by atoms with Crippen molar-refractivity contribution in [1.29, 1.82) is 0 Å². The number of rotatable bonds is 11. The summed E-state index contributed by atoms with van der Waals surface area (Å²) in [5, 5.41) is 3.64. The molecule has 0 spiro atoms. The number of hydrogen-bond acceptors (Lipinski definition) is 3. The molecule has 0 aliphatic heterocycles. The molecule has 17 heavy (non-hydrogen) atoms. The van der Waals surface area contributed by atoms with Crippen molar-refractivity contribution in [3.8, 4) is 0 Å². The van der Waals surface area contributed by atoms with Gasteiger partial charge in [0.15, 0.2) is 0 Å². The largest absolute Gasteiger partial charge is 0.382 e. The van der Waals surface area contributed by atoms with Gasteiger partial charge in [-0.15, -0.1) is 0 Å². The molecule has 1 aliphatic carbocycles. The number of methoxy groups -OCH3 is 1. The molecular weight excluding hydrogens is 214 g/mol. The summed E-state index contributed by atoms with van der Waals surface area (Å²) in [5.41, 5.74) is 0. The van der Waals surface area contributed by atoms with E-state index in [9.17, 15) is 0 Å². The van der Waals surface area contributed by atoms with Crippen LogP contribution in [0.1, 0.15) is 39.5 Å². The van der Waals surface area contributed by atoms with Gasteiger partial charge >= 0.3 is 0 Å². The number of hydrogen-bond donors (Lipinski definition) is 1. The van der Waals surface area contributed by atoms with E-state index >= 15 is 0 Å². The number of ether oxygens (including phenoxy) is 2. The zero-order valence-electron chi connectivity index (χ0n) is 11.7. The lowest BCUT2D eigenvalue weighted by molar-refractivity contribution is 0.0663. The van der Waals surface area contributed by atoms with Crippen LogP contribution in [0.25, 0.3) is 0 Å². The average Bonchev–Trinajstić information content (AvgIpc) is 3.10. The molecular formula is C14H29NO2. The average molecular weight is 243 g/mol. The van der Waals surface area contributed by atoms with Gasteiger partial charge in [-0.2, -0.15) is 0 Å². The Morgan fingerprint density at radius 1 is 1.18 bits per heavy atom. The topological polar surface area (TPSA) is 30.5 Å². The predicted octanol–water partition coefficient (Wildman–Crippen LogP) is 2.45. The molecule has 0 amide bonds. The van der Waals surface area contributed by atoms with E-state index in [1.807, 2.05) is 0 Å². The van der Waals surface area contributed by atoms with Crippen molar-refractivity contribution in [2.45, 2.75) is 45.6 Å². The standard InChI is InChI=1S/C14H29NO2/c1-12(2)13(11-15-14-6-7-14)5-4-8-17-10-9-16-3/h12-15H,4-11H2,1-3H3. The molecule has 1 atom stereocenters. The lowest BCUT2D eigenvalue weighted by Gasteiger charge is -2.21. The summed E-state index contributed by atoms with van der Waals surface area (Å²) >= 11 is 0. The first-order valence-electron chi connectivity index (χ1n) is 7.04. The van der Waals surface area contributed by atoms with Crippen LogP contribution >= 0.6 is 0 Å². The Morgan fingerprint density at radius 2 is 1.94 bits per heavy atom. The quantitative estimate of drug-likeness (QED) is 0.565. The monoisotopic (exact) mass is 243 g/mol. The van der Waals surface area contributed by atoms with Gasteiger partial charge in [-0.05, 0) is 44.1 Å². The minimum absolute atomic E-state index is 0.705. The maximum atomic E-state index is 5.50. The van der Waals surface area contributed by atoms with Crippen molar-refractivity contribution in [1.82, 2.24) is 5.32 Å². The van der Waals surface area contributed by atoms with Gasteiger partial charge < -0.3 is 14.8 Å². The summed E-state index contributed by atoms with van der Waals surface area (Å²) in [6.07, 6.45) is 5.19. The third-order valence-corrected chi connectivity index (χ3v) is 3.48. The Hall–Kier alpha value is -0.120. The molecule has 0 aromatic heterocycles. The minimum Gasteiger partial charge on any atom is -0.382 e. The van der Waals surface area contributed by atoms with E-state index < -0.39 is 0 Å². The molecule has 102 valence electrons. The van der Waals surface area contributed by atoms with Crippen LogP contribution in [0.5, 0.6) is 0 Å². The first kappa shape index (κ1) is 14.9. The molecule has 0 radical (unpaired) electrons. The van der Waals surface area contributed by atoms with Crippen LogP contribution in [0, 0.1) is 11.8 Å². The summed E-state index contributed by atoms with van der Waals surface area (Å²) < 4.78 is 10.4. The predicted molar refractivity (Wildman–Crippen MR) is 71.3 cm³/mol. The zero-order valence-corrected chi connectivity index (χ0v) is 11.7. The SMILES string of the molecule is COCCOCCCC(CNC1CC1)C(C)C. The molecule has 0 bridgehead atoms. The van der Waals surface area contributed by atoms with E-state index in [-0.39, 0.29) is 0 Å². The molecule has 3 nitrogen and oxygen atoms in total. The second kappa shape index (κ2) is 8.90. The van der Waals surface area contributed by atoms with Crippen LogP contribution in [0.2, 0.25) is 0 Å². The van der Waals surface area contributed by atoms with Crippen molar-refractivity contribution in [2.24, 2.45) is 11.8 Å². The molecule has 3 heteroatoms. The van der Waals surface area contributed by atoms with Gasteiger partial charge in [0.05, 0.1) is 13.2 Å². The molecule has 1 unspecified atom stereocenters. The Labute approximate surface area is 106 Å². The van der Waals surface area contributed by atoms with Crippen molar-refractivity contribution >= 4 is 0 Å². The summed E-state index contributed by atoms with van der Waals surface area (Å²) in [5.74, 6) is 1.56. The maximum Gasteiger partial charge on any atom is 0.0700 e. The normalized spacial score (nSPS) is 17.6. The smallest absolute Gasteiger partial charge is 0.0700 e. The Kier molecular flexibility index (Phi) is 7.82. The van der Waals surface area contributed by atoms with Crippen molar-refractivity contribution in [3.63, 3.8) is 0 Å². The Bertz CT molecular complexity index is 181. The van der Waals surface area contributed by atoms with E-state index in [1.54, 1.807) is 7.11 Å². The van der Waals surface area contributed by atoms with E-state index in [2.05, 4.69) is 19.2 Å². The summed E-state index contributed by atoms with van der Waals surface area (Å²) in [6, 6.07) is 0.828. The molecule has 0 aromatic carbocycles. The van der Waals surface area contributed by atoms with Crippen LogP contribution in [0.15, 0.2) is 0 Å². The molecule has 1 rings (SSSR count). The van der Waals surface area contributed by atoms with Crippen molar-refractivity contribution < 1.29 is 9.47 Å². The second-order valence-electron chi connectivity index (χ2n) is 5.43. The molecule has 1 fully saturated rings. The highest BCUT2D eigenvalue weighted by Crippen LogP contribution is 2.22. The van der Waals surface area contributed by atoms with Crippen LogP contribution in [0.3, 0.4) is 0 Å². The molecule has 1 N–H and O–H groups in total. The first-order valence-corrected chi connectivity index (χ1v) is 7.04. The highest BCUT2D eigenvalue weighted by molar-refractivity contribution is 4.82. The van der Waals surface area contributed by atoms with Crippen LogP contribution in [-0.4, -0.2) is 39.5 Å². The van der Waals surface area contributed by atoms with Crippen LogP contribution in [0.4, 0.5) is 0 Å². The van der Waals surface area contributed by atoms with E-state index in [4.69, 9.17) is 9.47 Å². The summed E-state index contributed by atoms with van der Waals surface area (Å²) in [6.45, 7) is 8.13. The Balaban J connectivity index is 1.98. The fourth-order valence-electron chi connectivity index (χ4n) is 1.97. The van der Waals surface area contributed by atoms with Gasteiger partial charge in [0.1, 0.15) is 0 Å². The highest BCUT2D eigenvalue weighted by atomic mass is 16.5. The molecule has 0 heterocycles. The van der Waals surface area contributed by atoms with E-state index in [1.165, 1.54) is 32.2 Å².